The first kappa shape index (κ1) is 25.2. The molecule has 6 rings (SSSR count). The molecule has 38 heavy (non-hydrogen) atoms. The van der Waals surface area contributed by atoms with Crippen molar-refractivity contribution in [1.82, 2.24) is 24.5 Å². The standard InChI is InChI=1S/C27H25BrClFN6O2/c1-35-14-31-22(23(35)26(37)32-18-7-8-21(30)20(29)11-18)15-9-16-12-27(38,13-17(16)10-15)24-25(28)34-36(33-24)19-5-3-2-4-6-19/h2-8,11,14-17,38H,9-10,12-13H2,1H3,(H,32,37). The van der Waals surface area contributed by atoms with E-state index in [1.165, 1.54) is 18.2 Å². The van der Waals surface area contributed by atoms with Crippen molar-refractivity contribution in [2.24, 2.45) is 18.9 Å². The molecule has 2 saturated carbocycles. The number of carbonyl (C=O) groups is 1. The smallest absolute Gasteiger partial charge is 0.274 e. The summed E-state index contributed by atoms with van der Waals surface area (Å²) >= 11 is 9.39. The Bertz CT molecular complexity index is 1510. The quantitative estimate of drug-likeness (QED) is 0.311. The number of amides is 1. The van der Waals surface area contributed by atoms with Gasteiger partial charge >= 0.3 is 0 Å². The Balaban J connectivity index is 1.18. The number of carbonyl (C=O) groups excluding carboxylic acids is 1. The van der Waals surface area contributed by atoms with Crippen LogP contribution >= 0.6 is 27.5 Å². The Morgan fingerprint density at radius 3 is 2.55 bits per heavy atom. The number of nitrogens with one attached hydrogen (secondary N) is 1. The van der Waals surface area contributed by atoms with Gasteiger partial charge in [0, 0.05) is 18.7 Å². The lowest BCUT2D eigenvalue weighted by atomic mass is 9.90. The number of benzene rings is 2. The molecule has 0 bridgehead atoms. The van der Waals surface area contributed by atoms with Crippen molar-refractivity contribution in [1.29, 1.82) is 0 Å². The molecule has 8 nitrogen and oxygen atoms in total. The van der Waals surface area contributed by atoms with Gasteiger partial charge in [0.25, 0.3) is 5.91 Å². The first-order chi connectivity index (χ1) is 18.2. The molecule has 2 aliphatic carbocycles. The van der Waals surface area contributed by atoms with Crippen LogP contribution in [0.5, 0.6) is 0 Å². The monoisotopic (exact) mass is 598 g/mol. The number of rotatable bonds is 5. The van der Waals surface area contributed by atoms with E-state index in [-0.39, 0.29) is 28.7 Å². The molecule has 2 N–H and O–H groups in total. The summed E-state index contributed by atoms with van der Waals surface area (Å²) in [6.45, 7) is 0. The van der Waals surface area contributed by atoms with E-state index >= 15 is 0 Å². The number of nitrogens with zero attached hydrogens (tertiary/aromatic N) is 5. The second kappa shape index (κ2) is 9.59. The van der Waals surface area contributed by atoms with E-state index in [2.05, 4.69) is 36.4 Å². The third-order valence-corrected chi connectivity index (χ3v) is 8.61. The number of aromatic nitrogens is 5. The number of imidazole rings is 1. The number of hydrogen-bond acceptors (Lipinski definition) is 5. The summed E-state index contributed by atoms with van der Waals surface area (Å²) < 4.78 is 15.8. The molecule has 2 unspecified atom stereocenters. The summed E-state index contributed by atoms with van der Waals surface area (Å²) in [5, 5.41) is 23.5. The zero-order valence-corrected chi connectivity index (χ0v) is 22.8. The SMILES string of the molecule is Cn1cnc(C2CC3CC(O)(c4nn(-c5ccccc5)nc4Br)CC3C2)c1C(=O)Nc1ccc(F)c(Cl)c1. The van der Waals surface area contributed by atoms with E-state index in [4.69, 9.17) is 11.6 Å². The predicted molar refractivity (Wildman–Crippen MR) is 144 cm³/mol. The predicted octanol–water partition coefficient (Wildman–Crippen LogP) is 5.60. The molecule has 0 spiro atoms. The van der Waals surface area contributed by atoms with E-state index in [1.54, 1.807) is 22.7 Å². The number of aliphatic hydroxyl groups is 1. The normalized spacial score (nSPS) is 24.5. The molecule has 4 aromatic rings. The third-order valence-electron chi connectivity index (χ3n) is 7.79. The van der Waals surface area contributed by atoms with Crippen molar-refractivity contribution in [3.63, 3.8) is 0 Å². The maximum Gasteiger partial charge on any atom is 0.274 e. The van der Waals surface area contributed by atoms with E-state index in [1.807, 2.05) is 30.3 Å². The molecule has 0 radical (unpaired) electrons. The second-order valence-electron chi connectivity index (χ2n) is 10.3. The Hall–Kier alpha value is -3.08. The van der Waals surface area contributed by atoms with Crippen LogP contribution in [-0.4, -0.2) is 35.6 Å². The largest absolute Gasteiger partial charge is 0.383 e. The highest BCUT2D eigenvalue weighted by atomic mass is 79.9. The Kier molecular flexibility index (Phi) is 6.36. The number of aryl methyl sites for hydroxylation is 1. The summed E-state index contributed by atoms with van der Waals surface area (Å²) in [5.74, 6) is -0.229. The average Bonchev–Trinajstić information content (AvgIpc) is 3.64. The van der Waals surface area contributed by atoms with Crippen molar-refractivity contribution in [3.05, 3.63) is 87.4 Å². The van der Waals surface area contributed by atoms with Crippen molar-refractivity contribution in [2.45, 2.75) is 37.2 Å². The lowest BCUT2D eigenvalue weighted by molar-refractivity contribution is 0.0290. The molecule has 2 aliphatic rings. The van der Waals surface area contributed by atoms with Gasteiger partial charge < -0.3 is 15.0 Å². The fraction of sp³-hybridized carbons (Fsp3) is 0.333. The van der Waals surface area contributed by atoms with Crippen molar-refractivity contribution < 1.29 is 14.3 Å². The van der Waals surface area contributed by atoms with Crippen molar-refractivity contribution in [3.8, 4) is 5.69 Å². The van der Waals surface area contributed by atoms with Crippen LogP contribution in [0.25, 0.3) is 5.69 Å². The molecule has 2 aromatic heterocycles. The van der Waals surface area contributed by atoms with Gasteiger partial charge in [-0.05, 0) is 83.8 Å². The van der Waals surface area contributed by atoms with Gasteiger partial charge in [-0.1, -0.05) is 29.8 Å². The number of hydrogen-bond donors (Lipinski definition) is 2. The number of fused-ring (bicyclic) bond motifs is 1. The van der Waals surface area contributed by atoms with Crippen LogP contribution in [0.3, 0.4) is 0 Å². The minimum atomic E-state index is -1.07. The second-order valence-corrected chi connectivity index (χ2v) is 11.4. The first-order valence-electron chi connectivity index (χ1n) is 12.4. The summed E-state index contributed by atoms with van der Waals surface area (Å²) in [6, 6.07) is 13.7. The van der Waals surface area contributed by atoms with Crippen LogP contribution in [0.2, 0.25) is 5.02 Å². The third kappa shape index (κ3) is 4.44. The summed E-state index contributed by atoms with van der Waals surface area (Å²) in [5.41, 5.74) is 1.94. The van der Waals surface area contributed by atoms with Crippen molar-refractivity contribution >= 4 is 39.1 Å². The van der Waals surface area contributed by atoms with Gasteiger partial charge in [-0.15, -0.1) is 10.2 Å². The Morgan fingerprint density at radius 1 is 1.16 bits per heavy atom. The van der Waals surface area contributed by atoms with Crippen LogP contribution in [0, 0.1) is 17.7 Å². The minimum Gasteiger partial charge on any atom is -0.383 e. The van der Waals surface area contributed by atoms with Crippen LogP contribution in [0.1, 0.15) is 53.5 Å². The topological polar surface area (TPSA) is 97.9 Å². The molecular formula is C27H25BrClFN6O2. The Labute approximate surface area is 232 Å². The fourth-order valence-electron chi connectivity index (χ4n) is 6.12. The van der Waals surface area contributed by atoms with Crippen molar-refractivity contribution in [2.75, 3.05) is 5.32 Å². The fourth-order valence-corrected chi connectivity index (χ4v) is 6.90. The van der Waals surface area contributed by atoms with Crippen LogP contribution in [0.15, 0.2) is 59.5 Å². The number of halogens is 3. The Morgan fingerprint density at radius 2 is 1.87 bits per heavy atom. The van der Waals surface area contributed by atoms with E-state index in [0.717, 1.165) is 24.2 Å². The summed E-state index contributed by atoms with van der Waals surface area (Å²) in [4.78, 5) is 19.3. The van der Waals surface area contributed by atoms with Gasteiger partial charge in [-0.25, -0.2) is 9.37 Å². The van der Waals surface area contributed by atoms with Crippen LogP contribution in [0.4, 0.5) is 10.1 Å². The zero-order chi connectivity index (χ0) is 26.6. The van der Waals surface area contributed by atoms with Gasteiger partial charge in [-0.2, -0.15) is 4.80 Å². The maximum atomic E-state index is 13.5. The molecule has 11 heteroatoms. The van der Waals surface area contributed by atoms with Gasteiger partial charge in [0.15, 0.2) is 4.60 Å². The molecule has 196 valence electrons. The number of anilines is 1. The summed E-state index contributed by atoms with van der Waals surface area (Å²) in [7, 11) is 1.78. The molecule has 0 aliphatic heterocycles. The molecule has 1 amide bonds. The van der Waals surface area contributed by atoms with E-state index in [9.17, 15) is 14.3 Å². The molecule has 2 aromatic carbocycles. The molecular weight excluding hydrogens is 575 g/mol. The zero-order valence-electron chi connectivity index (χ0n) is 20.5. The highest BCUT2D eigenvalue weighted by Crippen LogP contribution is 2.57. The molecule has 2 heterocycles. The minimum absolute atomic E-state index is 0.0560. The van der Waals surface area contributed by atoms with Gasteiger partial charge in [0.05, 0.1) is 22.7 Å². The highest BCUT2D eigenvalue weighted by molar-refractivity contribution is 9.10. The molecule has 2 fully saturated rings. The highest BCUT2D eigenvalue weighted by Gasteiger charge is 2.52. The van der Waals surface area contributed by atoms with Gasteiger partial charge in [0.1, 0.15) is 22.8 Å². The van der Waals surface area contributed by atoms with Gasteiger partial charge in [0.2, 0.25) is 0 Å². The lowest BCUT2D eigenvalue weighted by Gasteiger charge is -2.22. The molecule has 2 atom stereocenters. The molecule has 0 saturated heterocycles. The first-order valence-corrected chi connectivity index (χ1v) is 13.6. The van der Waals surface area contributed by atoms with Crippen LogP contribution in [-0.2, 0) is 12.6 Å². The average molecular weight is 600 g/mol. The number of para-hydroxylation sites is 1. The van der Waals surface area contributed by atoms with E-state index < -0.39 is 11.4 Å². The van der Waals surface area contributed by atoms with Crippen LogP contribution < -0.4 is 5.32 Å². The van der Waals surface area contributed by atoms with E-state index in [0.29, 0.717) is 34.5 Å². The van der Waals surface area contributed by atoms with Gasteiger partial charge in [-0.3, -0.25) is 4.79 Å². The summed E-state index contributed by atoms with van der Waals surface area (Å²) in [6.07, 6.45) is 4.42. The maximum absolute atomic E-state index is 13.5. The lowest BCUT2D eigenvalue weighted by Crippen LogP contribution is -2.25.